The Kier molecular flexibility index (Phi) is 6.27. The lowest BCUT2D eigenvalue weighted by molar-refractivity contribution is -0.131. The van der Waals surface area contributed by atoms with Crippen LogP contribution in [0.1, 0.15) is 37.1 Å². The van der Waals surface area contributed by atoms with Crippen molar-refractivity contribution in [2.45, 2.75) is 45.2 Å². The van der Waals surface area contributed by atoms with Crippen molar-refractivity contribution in [1.29, 1.82) is 0 Å². The molecule has 0 radical (unpaired) electrons. The fraction of sp³-hybridized carbons (Fsp3) is 0.522. The summed E-state index contributed by atoms with van der Waals surface area (Å²) < 4.78 is 10.4. The van der Waals surface area contributed by atoms with Gasteiger partial charge < -0.3 is 14.2 Å². The summed E-state index contributed by atoms with van der Waals surface area (Å²) in [6.07, 6.45) is 4.11. The van der Waals surface area contributed by atoms with Gasteiger partial charge in [-0.3, -0.25) is 9.36 Å². The number of aryl methyl sites for hydroxylation is 1. The lowest BCUT2D eigenvalue weighted by Gasteiger charge is -2.31. The number of hydrogen-bond acceptors (Lipinski definition) is 4. The summed E-state index contributed by atoms with van der Waals surface area (Å²) in [5.74, 6) is 1.19. The normalized spacial score (nSPS) is 15.1. The number of amides is 1. The van der Waals surface area contributed by atoms with Crippen molar-refractivity contribution >= 4 is 16.8 Å². The molecule has 3 heterocycles. The van der Waals surface area contributed by atoms with Gasteiger partial charge in [-0.1, -0.05) is 18.2 Å². The first-order chi connectivity index (χ1) is 15.0. The minimum Gasteiger partial charge on any atom is -0.383 e. The Morgan fingerprint density at radius 1 is 1.23 bits per heavy atom. The Labute approximate surface area is 182 Å². The first kappa shape index (κ1) is 21.4. The van der Waals surface area contributed by atoms with Gasteiger partial charge in [0.25, 0.3) is 0 Å². The van der Waals surface area contributed by atoms with Crippen molar-refractivity contribution in [3.05, 3.63) is 52.3 Å². The van der Waals surface area contributed by atoms with Crippen LogP contribution in [0.2, 0.25) is 0 Å². The number of para-hydroxylation sites is 1. The van der Waals surface area contributed by atoms with Crippen LogP contribution in [0.3, 0.4) is 0 Å². The highest BCUT2D eigenvalue weighted by Crippen LogP contribution is 2.27. The maximum absolute atomic E-state index is 13.0. The molecule has 1 saturated heterocycles. The van der Waals surface area contributed by atoms with E-state index in [0.717, 1.165) is 35.1 Å². The molecular weight excluding hydrogens is 394 g/mol. The summed E-state index contributed by atoms with van der Waals surface area (Å²) >= 11 is 0. The lowest BCUT2D eigenvalue weighted by Crippen LogP contribution is -2.39. The highest BCUT2D eigenvalue weighted by molar-refractivity contribution is 5.89. The molecule has 0 aliphatic carbocycles. The van der Waals surface area contributed by atoms with Gasteiger partial charge in [0.1, 0.15) is 5.82 Å². The van der Waals surface area contributed by atoms with Gasteiger partial charge in [-0.25, -0.2) is 9.48 Å². The van der Waals surface area contributed by atoms with Crippen LogP contribution in [0.25, 0.3) is 10.9 Å². The number of nitrogens with zero attached hydrogens (tertiary/aromatic N) is 5. The average molecular weight is 426 g/mol. The Hall–Kier alpha value is -2.87. The predicted octanol–water partition coefficient (Wildman–Crippen LogP) is 2.15. The number of carbonyl (C=O) groups is 1. The maximum atomic E-state index is 13.0. The van der Waals surface area contributed by atoms with Crippen molar-refractivity contribution in [1.82, 2.24) is 23.8 Å². The topological polar surface area (TPSA) is 74.3 Å². The fourth-order valence-electron chi connectivity index (χ4n) is 4.61. The van der Waals surface area contributed by atoms with Gasteiger partial charge in [0.2, 0.25) is 5.91 Å². The molecule has 8 heteroatoms. The number of fused-ring (bicyclic) bond motifs is 1. The molecule has 0 saturated carbocycles. The van der Waals surface area contributed by atoms with Gasteiger partial charge >= 0.3 is 5.69 Å². The smallest absolute Gasteiger partial charge is 0.345 e. The van der Waals surface area contributed by atoms with E-state index in [0.29, 0.717) is 39.2 Å². The quantitative estimate of drug-likeness (QED) is 0.581. The molecule has 3 aromatic rings. The summed E-state index contributed by atoms with van der Waals surface area (Å²) in [5, 5.41) is 5.74. The largest absolute Gasteiger partial charge is 0.383 e. The van der Waals surface area contributed by atoms with Crippen LogP contribution in [-0.2, 0) is 36.1 Å². The second-order valence-electron chi connectivity index (χ2n) is 8.22. The first-order valence-electron chi connectivity index (χ1n) is 11.0. The molecule has 1 aromatic carbocycles. The zero-order valence-corrected chi connectivity index (χ0v) is 18.6. The highest BCUT2D eigenvalue weighted by atomic mass is 16.5. The minimum atomic E-state index is -0.0796. The standard InChI is InChI=1S/C23H31N5O3/c1-4-27-22(24-28(23(27)30)13-14-31-3)17-9-11-26(12-10-17)21(29)15-18-16-25(2)20-8-6-5-7-19(18)20/h5-8,16-17H,4,9-15H2,1-3H3. The van der Waals surface area contributed by atoms with Crippen LogP contribution in [0.15, 0.2) is 35.3 Å². The molecule has 0 N–H and O–H groups in total. The molecule has 0 atom stereocenters. The Morgan fingerprint density at radius 3 is 2.68 bits per heavy atom. The molecule has 1 amide bonds. The number of likely N-dealkylation sites (tertiary alicyclic amines) is 1. The van der Waals surface area contributed by atoms with E-state index in [1.807, 2.05) is 31.0 Å². The molecule has 0 bridgehead atoms. The summed E-state index contributed by atoms with van der Waals surface area (Å²) in [7, 11) is 3.63. The van der Waals surface area contributed by atoms with Crippen LogP contribution in [0, 0.1) is 0 Å². The van der Waals surface area contributed by atoms with E-state index in [1.54, 1.807) is 11.7 Å². The van der Waals surface area contributed by atoms with Crippen molar-refractivity contribution in [2.75, 3.05) is 26.8 Å². The van der Waals surface area contributed by atoms with E-state index >= 15 is 0 Å². The molecule has 1 aliphatic heterocycles. The third-order valence-corrected chi connectivity index (χ3v) is 6.31. The highest BCUT2D eigenvalue weighted by Gasteiger charge is 2.28. The molecule has 0 spiro atoms. The van der Waals surface area contributed by atoms with Crippen LogP contribution in [0.4, 0.5) is 0 Å². The number of rotatable bonds is 7. The monoisotopic (exact) mass is 425 g/mol. The second kappa shape index (κ2) is 9.09. The summed E-state index contributed by atoms with van der Waals surface area (Å²) in [5.41, 5.74) is 2.14. The molecule has 8 nitrogen and oxygen atoms in total. The number of ether oxygens (including phenoxy) is 1. The fourth-order valence-corrected chi connectivity index (χ4v) is 4.61. The van der Waals surface area contributed by atoms with Gasteiger partial charge in [-0.15, -0.1) is 0 Å². The SMILES string of the molecule is CCn1c(C2CCN(C(=O)Cc3cn(C)c4ccccc34)CC2)nn(CCOC)c1=O. The third kappa shape index (κ3) is 4.17. The van der Waals surface area contributed by atoms with Gasteiger partial charge in [0, 0.05) is 56.8 Å². The van der Waals surface area contributed by atoms with Crippen molar-refractivity contribution in [3.63, 3.8) is 0 Å². The Morgan fingerprint density at radius 2 is 1.97 bits per heavy atom. The maximum Gasteiger partial charge on any atom is 0.345 e. The van der Waals surface area contributed by atoms with Gasteiger partial charge in [-0.2, -0.15) is 5.10 Å². The Bertz CT molecular complexity index is 1120. The molecule has 4 rings (SSSR count). The number of aromatic nitrogens is 4. The summed E-state index contributed by atoms with van der Waals surface area (Å²) in [6.45, 7) is 4.87. The van der Waals surface area contributed by atoms with E-state index in [4.69, 9.17) is 4.74 Å². The number of piperidine rings is 1. The third-order valence-electron chi connectivity index (χ3n) is 6.31. The zero-order chi connectivity index (χ0) is 22.0. The van der Waals surface area contributed by atoms with Crippen molar-refractivity contribution in [3.8, 4) is 0 Å². The van der Waals surface area contributed by atoms with Crippen molar-refractivity contribution in [2.24, 2.45) is 7.05 Å². The molecule has 0 unspecified atom stereocenters. The van der Waals surface area contributed by atoms with E-state index < -0.39 is 0 Å². The number of hydrogen-bond donors (Lipinski definition) is 0. The Balaban J connectivity index is 1.43. The van der Waals surface area contributed by atoms with E-state index in [9.17, 15) is 9.59 Å². The number of methoxy groups -OCH3 is 1. The predicted molar refractivity (Wildman–Crippen MR) is 119 cm³/mol. The van der Waals surface area contributed by atoms with Crippen LogP contribution in [-0.4, -0.2) is 56.5 Å². The molecule has 1 aliphatic rings. The van der Waals surface area contributed by atoms with Gasteiger partial charge in [0.15, 0.2) is 0 Å². The van der Waals surface area contributed by atoms with Crippen molar-refractivity contribution < 1.29 is 9.53 Å². The van der Waals surface area contributed by atoms with E-state index in [2.05, 4.69) is 28.0 Å². The van der Waals surface area contributed by atoms with Crippen LogP contribution in [0.5, 0.6) is 0 Å². The second-order valence-corrected chi connectivity index (χ2v) is 8.22. The van der Waals surface area contributed by atoms with E-state index in [-0.39, 0.29) is 17.5 Å². The molecule has 2 aromatic heterocycles. The zero-order valence-electron chi connectivity index (χ0n) is 18.6. The minimum absolute atomic E-state index is 0.0796. The summed E-state index contributed by atoms with van der Waals surface area (Å²) in [6, 6.07) is 8.19. The molecule has 31 heavy (non-hydrogen) atoms. The lowest BCUT2D eigenvalue weighted by atomic mass is 9.95. The summed E-state index contributed by atoms with van der Waals surface area (Å²) in [4.78, 5) is 27.5. The van der Waals surface area contributed by atoms with Gasteiger partial charge in [-0.05, 0) is 31.4 Å². The van der Waals surface area contributed by atoms with Crippen LogP contribution < -0.4 is 5.69 Å². The number of benzene rings is 1. The van der Waals surface area contributed by atoms with Gasteiger partial charge in [0.05, 0.1) is 19.6 Å². The molecule has 1 fully saturated rings. The number of carbonyl (C=O) groups excluding carboxylic acids is 1. The molecular formula is C23H31N5O3. The van der Waals surface area contributed by atoms with Crippen LogP contribution >= 0.6 is 0 Å². The first-order valence-corrected chi connectivity index (χ1v) is 11.0. The average Bonchev–Trinajstić information content (AvgIpc) is 3.28. The molecule has 166 valence electrons. The van der Waals surface area contributed by atoms with E-state index in [1.165, 1.54) is 4.68 Å².